The lowest BCUT2D eigenvalue weighted by atomic mass is 10.1. The molecule has 0 radical (unpaired) electrons. The number of para-hydroxylation sites is 1. The van der Waals surface area contributed by atoms with Crippen LogP contribution in [0.3, 0.4) is 0 Å². The van der Waals surface area contributed by atoms with E-state index in [1.54, 1.807) is 35.0 Å². The maximum Gasteiger partial charge on any atom is 0.336 e. The molecule has 0 aliphatic heterocycles. The number of carbonyl (C=O) groups is 1. The summed E-state index contributed by atoms with van der Waals surface area (Å²) in [4.78, 5) is 16.3. The lowest BCUT2D eigenvalue weighted by Gasteiger charge is -2.04. The molecule has 0 saturated heterocycles. The van der Waals surface area contributed by atoms with E-state index in [-0.39, 0.29) is 5.56 Å². The van der Waals surface area contributed by atoms with E-state index < -0.39 is 5.97 Å². The minimum absolute atomic E-state index is 0.216. The van der Waals surface area contributed by atoms with E-state index in [0.717, 1.165) is 16.8 Å². The molecule has 0 fully saturated rings. The summed E-state index contributed by atoms with van der Waals surface area (Å²) in [5.74, 6) is -0.988. The van der Waals surface area contributed by atoms with Crippen molar-refractivity contribution in [3.8, 4) is 17.3 Å². The molecule has 0 saturated carbocycles. The van der Waals surface area contributed by atoms with E-state index in [4.69, 9.17) is 5.26 Å². The van der Waals surface area contributed by atoms with Gasteiger partial charge in [-0.25, -0.2) is 9.78 Å². The number of aromatic carboxylic acids is 1. The first-order valence-corrected chi connectivity index (χ1v) is 9.46. The highest BCUT2D eigenvalue weighted by Crippen LogP contribution is 2.25. The summed E-state index contributed by atoms with van der Waals surface area (Å²) in [7, 11) is 0. The predicted octanol–water partition coefficient (Wildman–Crippen LogP) is 4.88. The highest BCUT2D eigenvalue weighted by Gasteiger charge is 2.12. The van der Waals surface area contributed by atoms with Crippen molar-refractivity contribution in [3.63, 3.8) is 0 Å². The van der Waals surface area contributed by atoms with E-state index >= 15 is 0 Å². The second-order valence-electron chi connectivity index (χ2n) is 6.72. The number of hydrogen-bond acceptors (Lipinski definition) is 4. The molecule has 4 rings (SSSR count). The fraction of sp³-hybridized carbons (Fsp3) is 0.0833. The zero-order chi connectivity index (χ0) is 20.9. The predicted molar refractivity (Wildman–Crippen MR) is 116 cm³/mol. The van der Waals surface area contributed by atoms with Crippen LogP contribution in [-0.2, 0) is 6.54 Å². The highest BCUT2D eigenvalue weighted by atomic mass is 16.4. The molecule has 0 aliphatic carbocycles. The van der Waals surface area contributed by atoms with Crippen LogP contribution in [0.1, 0.15) is 28.0 Å². The third-order valence-corrected chi connectivity index (χ3v) is 4.69. The van der Waals surface area contributed by atoms with Crippen LogP contribution in [0.4, 0.5) is 0 Å². The number of carboxylic acid groups (broad SMARTS) is 1. The van der Waals surface area contributed by atoms with Crippen LogP contribution in [0.25, 0.3) is 34.3 Å². The fourth-order valence-electron chi connectivity index (χ4n) is 3.29. The molecule has 30 heavy (non-hydrogen) atoms. The minimum Gasteiger partial charge on any atom is -0.478 e. The number of fused-ring (bicyclic) bond motifs is 1. The van der Waals surface area contributed by atoms with Crippen molar-refractivity contribution in [2.24, 2.45) is 0 Å². The summed E-state index contributed by atoms with van der Waals surface area (Å²) in [6.07, 6.45) is 5.92. The minimum atomic E-state index is -0.988. The average Bonchev–Trinajstić information content (AvgIpc) is 3.19. The van der Waals surface area contributed by atoms with Gasteiger partial charge in [0, 0.05) is 22.7 Å². The molecular formula is C24H18N4O2. The Kier molecular flexibility index (Phi) is 5.35. The first-order valence-electron chi connectivity index (χ1n) is 9.46. The Labute approximate surface area is 173 Å². The quantitative estimate of drug-likeness (QED) is 0.503. The zero-order valence-corrected chi connectivity index (χ0v) is 16.1. The van der Waals surface area contributed by atoms with Gasteiger partial charge in [-0.05, 0) is 24.3 Å². The molecule has 2 aromatic carbocycles. The van der Waals surface area contributed by atoms with Crippen LogP contribution in [-0.4, -0.2) is 25.8 Å². The van der Waals surface area contributed by atoms with E-state index in [9.17, 15) is 9.90 Å². The van der Waals surface area contributed by atoms with Crippen molar-refractivity contribution in [1.29, 1.82) is 5.26 Å². The van der Waals surface area contributed by atoms with Gasteiger partial charge >= 0.3 is 5.97 Å². The molecule has 0 aliphatic rings. The van der Waals surface area contributed by atoms with Crippen LogP contribution >= 0.6 is 0 Å². The van der Waals surface area contributed by atoms with Crippen molar-refractivity contribution >= 4 is 29.0 Å². The Morgan fingerprint density at radius 2 is 1.87 bits per heavy atom. The first-order chi connectivity index (χ1) is 14.7. The third kappa shape index (κ3) is 3.96. The van der Waals surface area contributed by atoms with Crippen LogP contribution in [0, 0.1) is 11.3 Å². The van der Waals surface area contributed by atoms with Crippen molar-refractivity contribution in [2.45, 2.75) is 13.0 Å². The second kappa shape index (κ2) is 8.41. The number of hydrogen-bond donors (Lipinski definition) is 1. The van der Waals surface area contributed by atoms with Crippen molar-refractivity contribution in [2.75, 3.05) is 0 Å². The number of carboxylic acids is 1. The van der Waals surface area contributed by atoms with E-state index in [1.807, 2.05) is 48.7 Å². The number of rotatable bonds is 6. The SMILES string of the molecule is N#CCCn1cc(C=Cc2cc(C(=O)O)c3ccccc3n2)c(-c2ccccc2)n1. The fourth-order valence-corrected chi connectivity index (χ4v) is 3.29. The largest absolute Gasteiger partial charge is 0.478 e. The summed E-state index contributed by atoms with van der Waals surface area (Å²) in [5.41, 5.74) is 4.02. The Bertz CT molecular complexity index is 1280. The molecule has 2 aromatic heterocycles. The monoisotopic (exact) mass is 394 g/mol. The summed E-state index contributed by atoms with van der Waals surface area (Å²) < 4.78 is 1.75. The Morgan fingerprint density at radius 3 is 2.63 bits per heavy atom. The Morgan fingerprint density at radius 1 is 1.10 bits per heavy atom. The summed E-state index contributed by atoms with van der Waals surface area (Å²) >= 11 is 0. The molecule has 1 N–H and O–H groups in total. The number of aryl methyl sites for hydroxylation is 1. The van der Waals surface area contributed by atoms with Crippen LogP contribution in [0.15, 0.2) is 66.9 Å². The maximum atomic E-state index is 11.7. The first kappa shape index (κ1) is 19.1. The average molecular weight is 394 g/mol. The van der Waals surface area contributed by atoms with Crippen LogP contribution in [0.2, 0.25) is 0 Å². The van der Waals surface area contributed by atoms with Gasteiger partial charge < -0.3 is 5.11 Å². The number of benzene rings is 2. The number of aromatic nitrogens is 3. The van der Waals surface area contributed by atoms with Crippen LogP contribution in [0.5, 0.6) is 0 Å². The third-order valence-electron chi connectivity index (χ3n) is 4.69. The van der Waals surface area contributed by atoms with Crippen LogP contribution < -0.4 is 0 Å². The van der Waals surface area contributed by atoms with Crippen molar-refractivity contribution in [1.82, 2.24) is 14.8 Å². The molecule has 146 valence electrons. The standard InChI is InChI=1S/C24H18N4O2/c25-13-6-14-28-16-18(23(27-28)17-7-2-1-3-8-17)11-12-19-15-21(24(29)30)20-9-4-5-10-22(20)26-19/h1-5,7-12,15-16H,6,14H2,(H,29,30). The van der Waals surface area contributed by atoms with Gasteiger partial charge in [0.1, 0.15) is 0 Å². The lowest BCUT2D eigenvalue weighted by Crippen LogP contribution is -2.00. The van der Waals surface area contributed by atoms with Gasteiger partial charge in [-0.15, -0.1) is 0 Å². The normalized spacial score (nSPS) is 11.0. The highest BCUT2D eigenvalue weighted by molar-refractivity contribution is 6.03. The molecule has 6 heteroatoms. The van der Waals surface area contributed by atoms with Gasteiger partial charge in [0.15, 0.2) is 0 Å². The van der Waals surface area contributed by atoms with Gasteiger partial charge in [0.25, 0.3) is 0 Å². The topological polar surface area (TPSA) is 91.8 Å². The van der Waals surface area contributed by atoms with Gasteiger partial charge in [-0.1, -0.05) is 48.5 Å². The van der Waals surface area contributed by atoms with E-state index in [1.165, 1.54) is 0 Å². The van der Waals surface area contributed by atoms with Gasteiger partial charge in [-0.2, -0.15) is 10.4 Å². The molecule has 4 aromatic rings. The van der Waals surface area contributed by atoms with E-state index in [0.29, 0.717) is 29.6 Å². The Hall–Kier alpha value is -4.24. The van der Waals surface area contributed by atoms with Gasteiger partial charge in [0.05, 0.1) is 41.5 Å². The van der Waals surface area contributed by atoms with Crippen molar-refractivity contribution in [3.05, 3.63) is 83.7 Å². The molecule has 0 unspecified atom stereocenters. The lowest BCUT2D eigenvalue weighted by molar-refractivity contribution is 0.0699. The van der Waals surface area contributed by atoms with Gasteiger partial charge in [0.2, 0.25) is 0 Å². The number of nitriles is 1. The summed E-state index contributed by atoms with van der Waals surface area (Å²) in [5, 5.41) is 23.7. The molecule has 2 heterocycles. The molecule has 0 spiro atoms. The number of nitrogens with zero attached hydrogens (tertiary/aromatic N) is 4. The Balaban J connectivity index is 1.76. The molecule has 0 bridgehead atoms. The smallest absolute Gasteiger partial charge is 0.336 e. The molecule has 6 nitrogen and oxygen atoms in total. The number of pyridine rings is 1. The van der Waals surface area contributed by atoms with Gasteiger partial charge in [-0.3, -0.25) is 4.68 Å². The summed E-state index contributed by atoms with van der Waals surface area (Å²) in [6, 6.07) is 20.7. The second-order valence-corrected chi connectivity index (χ2v) is 6.72. The molecule has 0 amide bonds. The summed E-state index contributed by atoms with van der Waals surface area (Å²) in [6.45, 7) is 0.502. The molecule has 0 atom stereocenters. The maximum absolute atomic E-state index is 11.7. The zero-order valence-electron chi connectivity index (χ0n) is 16.1. The van der Waals surface area contributed by atoms with E-state index in [2.05, 4.69) is 16.2 Å². The van der Waals surface area contributed by atoms with Crippen molar-refractivity contribution < 1.29 is 9.90 Å². The molecular weight excluding hydrogens is 376 g/mol.